The summed E-state index contributed by atoms with van der Waals surface area (Å²) in [5.41, 5.74) is 0.291. The molecule has 4 rings (SSSR count). The van der Waals surface area contributed by atoms with Crippen LogP contribution in [-0.2, 0) is 6.42 Å². The third-order valence-electron chi connectivity index (χ3n) is 6.01. The van der Waals surface area contributed by atoms with E-state index in [2.05, 4.69) is 33.6 Å². The number of hydrogen-bond donors (Lipinski definition) is 0. The van der Waals surface area contributed by atoms with Crippen molar-refractivity contribution in [1.82, 2.24) is 14.9 Å². The van der Waals surface area contributed by atoms with E-state index in [1.807, 2.05) is 0 Å². The van der Waals surface area contributed by atoms with E-state index in [4.69, 9.17) is 0 Å². The van der Waals surface area contributed by atoms with Gasteiger partial charge in [-0.25, -0.2) is 9.97 Å². The van der Waals surface area contributed by atoms with Gasteiger partial charge in [0.15, 0.2) is 0 Å². The topological polar surface area (TPSA) is 32.3 Å². The van der Waals surface area contributed by atoms with E-state index in [0.717, 1.165) is 67.6 Å². The summed E-state index contributed by atoms with van der Waals surface area (Å²) in [6.45, 7) is 9.79. The lowest BCUT2D eigenvalue weighted by Gasteiger charge is -2.25. The van der Waals surface area contributed by atoms with E-state index in [1.54, 1.807) is 6.07 Å². The number of alkyl halides is 3. The van der Waals surface area contributed by atoms with E-state index in [1.165, 1.54) is 19.2 Å². The summed E-state index contributed by atoms with van der Waals surface area (Å²) in [5.74, 6) is 1.52. The number of aromatic nitrogens is 2. The number of nitrogens with zero attached hydrogens (tertiary/aromatic N) is 4. The molecule has 0 aliphatic carbocycles. The van der Waals surface area contributed by atoms with Gasteiger partial charge in [0.2, 0.25) is 0 Å². The van der Waals surface area contributed by atoms with Crippen molar-refractivity contribution in [2.45, 2.75) is 45.7 Å². The van der Waals surface area contributed by atoms with Crippen LogP contribution in [0.1, 0.15) is 38.0 Å². The molecule has 154 valence electrons. The Morgan fingerprint density at radius 3 is 2.71 bits per heavy atom. The van der Waals surface area contributed by atoms with Gasteiger partial charge >= 0.3 is 6.18 Å². The van der Waals surface area contributed by atoms with Crippen molar-refractivity contribution < 1.29 is 13.2 Å². The van der Waals surface area contributed by atoms with Crippen molar-refractivity contribution in [3.05, 3.63) is 17.3 Å². The number of halogens is 3. The molecule has 0 bridgehead atoms. The molecule has 0 N–H and O–H groups in total. The Hall–Kier alpha value is -1.41. The van der Waals surface area contributed by atoms with Gasteiger partial charge in [0, 0.05) is 29.9 Å². The summed E-state index contributed by atoms with van der Waals surface area (Å²) in [6.07, 6.45) is -0.0734. The van der Waals surface area contributed by atoms with Crippen LogP contribution < -0.4 is 4.90 Å². The lowest BCUT2D eigenvalue weighted by atomic mass is 9.86. The maximum Gasteiger partial charge on any atom is 0.393 e. The van der Waals surface area contributed by atoms with Crippen LogP contribution in [0.4, 0.5) is 19.0 Å². The molecular weight excluding hydrogens is 385 g/mol. The molecule has 2 saturated heterocycles. The van der Waals surface area contributed by atoms with E-state index in [-0.39, 0.29) is 0 Å². The second-order valence-corrected chi connectivity index (χ2v) is 9.92. The highest BCUT2D eigenvalue weighted by molar-refractivity contribution is 7.18. The molecule has 0 saturated carbocycles. The van der Waals surface area contributed by atoms with Crippen LogP contribution in [0.25, 0.3) is 10.2 Å². The smallest absolute Gasteiger partial charge is 0.355 e. The average molecular weight is 413 g/mol. The normalized spacial score (nSPS) is 23.7. The number of rotatable bonds is 5. The summed E-state index contributed by atoms with van der Waals surface area (Å²) < 4.78 is 38.3. The van der Waals surface area contributed by atoms with Gasteiger partial charge in [-0.3, -0.25) is 0 Å². The van der Waals surface area contributed by atoms with Gasteiger partial charge in [0.05, 0.1) is 11.8 Å². The van der Waals surface area contributed by atoms with Crippen LogP contribution in [0, 0.1) is 11.3 Å². The van der Waals surface area contributed by atoms with Crippen molar-refractivity contribution in [2.24, 2.45) is 11.3 Å². The molecule has 2 aromatic rings. The number of anilines is 1. The molecule has 0 amide bonds. The zero-order chi connectivity index (χ0) is 19.9. The van der Waals surface area contributed by atoms with E-state index in [9.17, 15) is 13.2 Å². The van der Waals surface area contributed by atoms with E-state index in [0.29, 0.717) is 15.1 Å². The molecule has 8 heteroatoms. The van der Waals surface area contributed by atoms with Gasteiger partial charge in [0.1, 0.15) is 17.0 Å². The third kappa shape index (κ3) is 4.27. The second-order valence-electron chi connectivity index (χ2n) is 8.80. The summed E-state index contributed by atoms with van der Waals surface area (Å²) in [7, 11) is 0. The minimum Gasteiger partial charge on any atom is -0.355 e. The first kappa shape index (κ1) is 19.9. The predicted octanol–water partition coefficient (Wildman–Crippen LogP) is 4.74. The van der Waals surface area contributed by atoms with Crippen molar-refractivity contribution >= 4 is 27.4 Å². The van der Waals surface area contributed by atoms with Crippen molar-refractivity contribution in [3.8, 4) is 0 Å². The lowest BCUT2D eigenvalue weighted by molar-refractivity contribution is -0.126. The molecule has 2 aliphatic heterocycles. The van der Waals surface area contributed by atoms with E-state index >= 15 is 0 Å². The Labute approximate surface area is 167 Å². The first-order chi connectivity index (χ1) is 13.2. The Kier molecular flexibility index (Phi) is 5.29. The van der Waals surface area contributed by atoms with Gasteiger partial charge in [-0.05, 0) is 44.3 Å². The zero-order valence-electron chi connectivity index (χ0n) is 16.4. The van der Waals surface area contributed by atoms with Gasteiger partial charge < -0.3 is 9.80 Å². The summed E-state index contributed by atoms with van der Waals surface area (Å²) >= 11 is 1.12. The monoisotopic (exact) mass is 412 g/mol. The highest BCUT2D eigenvalue weighted by Gasteiger charge is 2.44. The van der Waals surface area contributed by atoms with Crippen LogP contribution in [0.2, 0.25) is 0 Å². The molecule has 28 heavy (non-hydrogen) atoms. The standard InChI is InChI=1S/C20H27F3N4S/c1-14(2)3-6-26-7-4-19(11-26)5-8-27(12-19)17-16-9-15(10-20(21,22)23)28-18(16)25-13-24-17/h9,13-14H,3-8,10-12H2,1-2H3. The highest BCUT2D eigenvalue weighted by Crippen LogP contribution is 2.43. The SMILES string of the molecule is CC(C)CCN1CCC2(CCN(c3ncnc4sc(CC(F)(F)F)cc34)C2)C1. The predicted molar refractivity (Wildman–Crippen MR) is 107 cm³/mol. The largest absolute Gasteiger partial charge is 0.393 e. The van der Waals surface area contributed by atoms with E-state index < -0.39 is 12.6 Å². The Morgan fingerprint density at radius 2 is 1.96 bits per heavy atom. The summed E-state index contributed by atoms with van der Waals surface area (Å²) in [5, 5.41) is 0.762. The average Bonchev–Trinajstić information content (AvgIpc) is 3.30. The summed E-state index contributed by atoms with van der Waals surface area (Å²) in [4.78, 5) is 14.5. The van der Waals surface area contributed by atoms with Crippen molar-refractivity contribution in [3.63, 3.8) is 0 Å². The van der Waals surface area contributed by atoms with Crippen molar-refractivity contribution in [2.75, 3.05) is 37.6 Å². The Bertz CT molecular complexity index is 834. The Morgan fingerprint density at radius 1 is 1.18 bits per heavy atom. The van der Waals surface area contributed by atoms with Gasteiger partial charge in [-0.15, -0.1) is 11.3 Å². The minimum absolute atomic E-state index is 0.291. The molecule has 1 atom stereocenters. The molecule has 2 aliphatic rings. The number of thiophene rings is 1. The molecule has 0 radical (unpaired) electrons. The van der Waals surface area contributed by atoms with Gasteiger partial charge in [-0.1, -0.05) is 13.8 Å². The fourth-order valence-corrected chi connectivity index (χ4v) is 5.56. The molecule has 4 heterocycles. The molecule has 1 spiro atoms. The quantitative estimate of drug-likeness (QED) is 0.710. The zero-order valence-corrected chi connectivity index (χ0v) is 17.2. The van der Waals surface area contributed by atoms with Gasteiger partial charge in [0.25, 0.3) is 0 Å². The molecule has 2 aromatic heterocycles. The second kappa shape index (κ2) is 7.44. The fourth-order valence-electron chi connectivity index (χ4n) is 4.54. The van der Waals surface area contributed by atoms with Crippen LogP contribution >= 0.6 is 11.3 Å². The molecular formula is C20H27F3N4S. The Balaban J connectivity index is 1.49. The molecule has 1 unspecified atom stereocenters. The minimum atomic E-state index is -4.20. The molecule has 0 aromatic carbocycles. The van der Waals surface area contributed by atoms with Crippen molar-refractivity contribution in [1.29, 1.82) is 0 Å². The third-order valence-corrected chi connectivity index (χ3v) is 7.06. The fraction of sp³-hybridized carbons (Fsp3) is 0.700. The lowest BCUT2D eigenvalue weighted by Crippen LogP contribution is -2.31. The maximum atomic E-state index is 12.8. The molecule has 4 nitrogen and oxygen atoms in total. The van der Waals surface area contributed by atoms with Crippen LogP contribution in [0.3, 0.4) is 0 Å². The first-order valence-electron chi connectivity index (χ1n) is 10.0. The van der Waals surface area contributed by atoms with Gasteiger partial charge in [-0.2, -0.15) is 13.2 Å². The number of hydrogen-bond acceptors (Lipinski definition) is 5. The van der Waals surface area contributed by atoms with Crippen LogP contribution in [-0.4, -0.2) is 53.8 Å². The maximum absolute atomic E-state index is 12.8. The molecule has 2 fully saturated rings. The first-order valence-corrected chi connectivity index (χ1v) is 10.8. The van der Waals surface area contributed by atoms with Crippen LogP contribution in [0.5, 0.6) is 0 Å². The number of likely N-dealkylation sites (tertiary alicyclic amines) is 1. The highest BCUT2D eigenvalue weighted by atomic mass is 32.1. The summed E-state index contributed by atoms with van der Waals surface area (Å²) in [6, 6.07) is 1.64. The number of fused-ring (bicyclic) bond motifs is 1. The van der Waals surface area contributed by atoms with Crippen LogP contribution in [0.15, 0.2) is 12.4 Å².